The lowest BCUT2D eigenvalue weighted by Crippen LogP contribution is -2.41. The molecule has 0 amide bonds. The second-order valence-electron chi connectivity index (χ2n) is 11.0. The van der Waals surface area contributed by atoms with Gasteiger partial charge in [-0.1, -0.05) is 18.2 Å². The first-order valence-corrected chi connectivity index (χ1v) is 15.4. The maximum Gasteiger partial charge on any atom is 0.459 e. The number of aliphatic hydroxyl groups is 1. The molecule has 1 saturated carbocycles. The summed E-state index contributed by atoms with van der Waals surface area (Å²) in [5.41, 5.74) is -1.52. The summed E-state index contributed by atoms with van der Waals surface area (Å²) >= 11 is 0. The first-order valence-electron chi connectivity index (χ1n) is 13.8. The molecule has 13 nitrogen and oxygen atoms in total. The highest BCUT2D eigenvalue weighted by molar-refractivity contribution is 7.52. The van der Waals surface area contributed by atoms with Gasteiger partial charge in [0.25, 0.3) is 0 Å². The molecule has 5 rings (SSSR count). The molecule has 1 saturated heterocycles. The number of imidazole rings is 1. The minimum Gasteiger partial charge on any atom is -0.462 e. The van der Waals surface area contributed by atoms with Crippen LogP contribution in [0.4, 0.5) is 10.2 Å². The Labute approximate surface area is 242 Å². The molecule has 3 aromatic rings. The number of nitrogens with one attached hydrogen (secondary N) is 2. The van der Waals surface area contributed by atoms with Gasteiger partial charge in [0, 0.05) is 6.04 Å². The van der Waals surface area contributed by atoms with Crippen LogP contribution in [0.2, 0.25) is 0 Å². The zero-order valence-electron chi connectivity index (χ0n) is 24.1. The molecule has 3 N–H and O–H groups in total. The predicted octanol–water partition coefficient (Wildman–Crippen LogP) is 3.83. The van der Waals surface area contributed by atoms with Gasteiger partial charge < -0.3 is 24.4 Å². The van der Waals surface area contributed by atoms with Crippen molar-refractivity contribution in [2.24, 2.45) is 0 Å². The van der Waals surface area contributed by atoms with E-state index in [4.69, 9.17) is 18.5 Å². The average Bonchev–Trinajstić information content (AvgIpc) is 3.59. The molecule has 1 aromatic carbocycles. The van der Waals surface area contributed by atoms with Crippen LogP contribution < -0.4 is 14.9 Å². The number of halogens is 1. The van der Waals surface area contributed by atoms with Gasteiger partial charge in [-0.2, -0.15) is 5.09 Å². The molecule has 15 heteroatoms. The van der Waals surface area contributed by atoms with Crippen LogP contribution in [0, 0.1) is 6.92 Å². The quantitative estimate of drug-likeness (QED) is 0.202. The number of esters is 1. The highest BCUT2D eigenvalue weighted by Gasteiger charge is 2.56. The van der Waals surface area contributed by atoms with E-state index in [0.717, 1.165) is 12.8 Å². The van der Waals surface area contributed by atoms with Gasteiger partial charge in [-0.15, -0.1) is 0 Å². The number of hydrogen-bond acceptors (Lipinski definition) is 11. The lowest BCUT2D eigenvalue weighted by atomic mass is 9.98. The van der Waals surface area contributed by atoms with Crippen LogP contribution in [-0.4, -0.2) is 73.3 Å². The lowest BCUT2D eigenvalue weighted by Gasteiger charge is -2.25. The maximum atomic E-state index is 16.1. The molecule has 42 heavy (non-hydrogen) atoms. The van der Waals surface area contributed by atoms with Crippen LogP contribution in [0.25, 0.3) is 11.2 Å². The molecule has 3 heterocycles. The second kappa shape index (κ2) is 11.8. The minimum absolute atomic E-state index is 0.203. The van der Waals surface area contributed by atoms with E-state index in [1.807, 2.05) is 0 Å². The number of aryl methyl sites for hydroxylation is 1. The molecule has 6 atom stereocenters. The summed E-state index contributed by atoms with van der Waals surface area (Å²) in [6, 6.07) is 7.44. The van der Waals surface area contributed by atoms with Gasteiger partial charge in [0.15, 0.2) is 28.9 Å². The monoisotopic (exact) mass is 606 g/mol. The number of benzene rings is 1. The number of alkyl halides is 1. The molecule has 2 aromatic heterocycles. The summed E-state index contributed by atoms with van der Waals surface area (Å²) in [7, 11) is -4.27. The van der Waals surface area contributed by atoms with Gasteiger partial charge in [-0.25, -0.2) is 23.9 Å². The third-order valence-electron chi connectivity index (χ3n) is 6.86. The molecular weight excluding hydrogens is 570 g/mol. The van der Waals surface area contributed by atoms with Gasteiger partial charge in [0.05, 0.1) is 19.0 Å². The molecule has 0 radical (unpaired) electrons. The Morgan fingerprint density at radius 2 is 1.98 bits per heavy atom. The molecular formula is C27H36FN6O7P. The summed E-state index contributed by atoms with van der Waals surface area (Å²) in [4.78, 5) is 25.7. The van der Waals surface area contributed by atoms with E-state index in [0.29, 0.717) is 28.8 Å². The average molecular weight is 607 g/mol. The molecule has 2 aliphatic rings. The van der Waals surface area contributed by atoms with Crippen molar-refractivity contribution in [2.75, 3.05) is 11.9 Å². The topological polar surface area (TPSA) is 159 Å². The predicted molar refractivity (Wildman–Crippen MR) is 151 cm³/mol. The van der Waals surface area contributed by atoms with Crippen molar-refractivity contribution >= 4 is 30.7 Å². The fraction of sp³-hybridized carbons (Fsp3) is 0.556. The third kappa shape index (κ3) is 6.57. The van der Waals surface area contributed by atoms with Crippen molar-refractivity contribution in [3.8, 4) is 5.75 Å². The molecule has 228 valence electrons. The van der Waals surface area contributed by atoms with E-state index in [1.165, 1.54) is 24.7 Å². The van der Waals surface area contributed by atoms with Gasteiger partial charge in [-0.05, 0) is 59.6 Å². The summed E-state index contributed by atoms with van der Waals surface area (Å²) < 4.78 is 53.8. The normalized spacial score (nSPS) is 26.2. The first-order chi connectivity index (χ1) is 19.9. The van der Waals surface area contributed by atoms with Crippen molar-refractivity contribution in [1.82, 2.24) is 24.6 Å². The smallest absolute Gasteiger partial charge is 0.459 e. The molecule has 1 aliphatic heterocycles. The van der Waals surface area contributed by atoms with Crippen molar-refractivity contribution in [1.29, 1.82) is 0 Å². The van der Waals surface area contributed by atoms with Gasteiger partial charge >= 0.3 is 13.7 Å². The second-order valence-corrected chi connectivity index (χ2v) is 12.7. The van der Waals surface area contributed by atoms with Crippen molar-refractivity contribution in [3.05, 3.63) is 42.5 Å². The summed E-state index contributed by atoms with van der Waals surface area (Å²) in [6.07, 6.45) is -1.23. The molecule has 2 fully saturated rings. The Kier molecular flexibility index (Phi) is 8.55. The van der Waals surface area contributed by atoms with Crippen LogP contribution in [0.3, 0.4) is 0 Å². The SMILES string of the molecule is Cc1nc(NC2CC2)c2ncn([C@@H]3O[C@H](CO[P@@](=O)(N[C@H](C)C(=O)OC(C)C)Oc4ccccc4)[C@@H](O)[C@@]3(C)F)c2n1. The van der Waals surface area contributed by atoms with E-state index in [9.17, 15) is 14.5 Å². The van der Waals surface area contributed by atoms with Crippen LogP contribution >= 0.6 is 7.75 Å². The van der Waals surface area contributed by atoms with Crippen molar-refractivity contribution < 1.29 is 37.4 Å². The zero-order chi connectivity index (χ0) is 30.2. The fourth-order valence-corrected chi connectivity index (χ4v) is 6.08. The van der Waals surface area contributed by atoms with Gasteiger partial charge in [0.1, 0.15) is 29.8 Å². The number of carbonyl (C=O) groups excluding carboxylic acids is 1. The largest absolute Gasteiger partial charge is 0.462 e. The van der Waals surface area contributed by atoms with E-state index in [2.05, 4.69) is 25.4 Å². The Hall–Kier alpha value is -3.16. The fourth-order valence-electron chi connectivity index (χ4n) is 4.58. The summed E-state index contributed by atoms with van der Waals surface area (Å²) in [5, 5.41) is 16.9. The number of ether oxygens (including phenoxy) is 2. The standard InChI is InChI=1S/C27H36FN6O7P/c1-15(2)39-25(36)16(3)33-42(37,41-19-9-7-6-8-10-19)38-13-20-22(35)27(5,28)26(40-20)34-14-29-21-23(32-18-11-12-18)30-17(4)31-24(21)34/h6-10,14-16,18,20,22,26,35H,11-13H2,1-5H3,(H,33,37)(H,30,31,32)/t16-,20-,22-,26-,27-,42+/m1/s1. The lowest BCUT2D eigenvalue weighted by molar-refractivity contribution is -0.149. The molecule has 0 unspecified atom stereocenters. The number of nitrogens with zero attached hydrogens (tertiary/aromatic N) is 4. The van der Waals surface area contributed by atoms with E-state index < -0.39 is 56.6 Å². The number of fused-ring (bicyclic) bond motifs is 1. The van der Waals surface area contributed by atoms with Crippen molar-refractivity contribution in [2.45, 2.75) is 89.8 Å². The molecule has 0 spiro atoms. The highest BCUT2D eigenvalue weighted by Crippen LogP contribution is 2.48. The third-order valence-corrected chi connectivity index (χ3v) is 8.50. The maximum absolute atomic E-state index is 16.1. The molecule has 0 bridgehead atoms. The highest BCUT2D eigenvalue weighted by atomic mass is 31.2. The van der Waals surface area contributed by atoms with E-state index in [-0.39, 0.29) is 5.75 Å². The number of anilines is 1. The van der Waals surface area contributed by atoms with Gasteiger partial charge in [0.2, 0.25) is 0 Å². The van der Waals surface area contributed by atoms with Crippen LogP contribution in [0.15, 0.2) is 36.7 Å². The van der Waals surface area contributed by atoms with Crippen molar-refractivity contribution in [3.63, 3.8) is 0 Å². The zero-order valence-corrected chi connectivity index (χ0v) is 25.0. The number of carbonyl (C=O) groups is 1. The number of aliphatic hydroxyl groups excluding tert-OH is 1. The van der Waals surface area contributed by atoms with Gasteiger partial charge in [-0.3, -0.25) is 13.9 Å². The number of para-hydroxylation sites is 1. The van der Waals surface area contributed by atoms with Crippen LogP contribution in [0.5, 0.6) is 5.75 Å². The summed E-state index contributed by atoms with van der Waals surface area (Å²) in [5.74, 6) is 0.544. The van der Waals surface area contributed by atoms with Crippen LogP contribution in [-0.2, 0) is 23.4 Å². The number of aromatic nitrogens is 4. The van der Waals surface area contributed by atoms with E-state index >= 15 is 4.39 Å². The minimum atomic E-state index is -4.27. The first kappa shape index (κ1) is 30.3. The Balaban J connectivity index is 1.36. The number of hydrogen-bond donors (Lipinski definition) is 3. The summed E-state index contributed by atoms with van der Waals surface area (Å²) in [6.45, 7) is 7.21. The van der Waals surface area contributed by atoms with E-state index in [1.54, 1.807) is 51.1 Å². The van der Waals surface area contributed by atoms with Crippen LogP contribution in [0.1, 0.15) is 52.6 Å². The Morgan fingerprint density at radius 1 is 1.26 bits per heavy atom. The Bertz CT molecular complexity index is 1470. The molecule has 1 aliphatic carbocycles. The Morgan fingerprint density at radius 3 is 2.64 bits per heavy atom. The number of rotatable bonds is 12.